The Hall–Kier alpha value is -8.02. The van der Waals surface area contributed by atoms with Gasteiger partial charge in [-0.25, -0.2) is 0 Å². The summed E-state index contributed by atoms with van der Waals surface area (Å²) in [6, 6.07) is 60.8. The Morgan fingerprint density at radius 1 is 0.397 bits per heavy atom. The van der Waals surface area contributed by atoms with Gasteiger partial charge in [-0.15, -0.1) is 0 Å². The highest BCUT2D eigenvalue weighted by molar-refractivity contribution is 6.26. The number of allylic oxidation sites excluding steroid dienone is 2. The lowest BCUT2D eigenvalue weighted by molar-refractivity contribution is 0.269. The second-order valence-electron chi connectivity index (χ2n) is 16.9. The standard InChI is InChI=1S/C58H40N2O3/c1-35-25-29-37(30-26-35)59(49-21-11-19-45-41-15-7-9-23-53(41)61-57(45)49)51-33-47-48-34-52(40-14-4-6-18-44(40)56(48)63-55(47)43-17-5-3-13-39(43)51)60(38-31-27-36(2)28-32-38)50-22-12-20-46-42-16-8-10-24-54(42)62-58(46)50/h3-34,41,53H,1-2H3. The van der Waals surface area contributed by atoms with Crippen LogP contribution in [0.2, 0.25) is 0 Å². The molecule has 3 heterocycles. The number of aryl methyl sites for hydroxylation is 2. The summed E-state index contributed by atoms with van der Waals surface area (Å²) < 4.78 is 20.8. The van der Waals surface area contributed by atoms with Crippen LogP contribution in [0.1, 0.15) is 22.6 Å². The van der Waals surface area contributed by atoms with Crippen LogP contribution in [0, 0.1) is 13.8 Å². The molecule has 0 fully saturated rings. The molecule has 0 amide bonds. The first-order valence-electron chi connectivity index (χ1n) is 21.7. The molecule has 2 unspecified atom stereocenters. The van der Waals surface area contributed by atoms with Crippen molar-refractivity contribution in [3.8, 4) is 5.75 Å². The Morgan fingerprint density at radius 3 is 1.56 bits per heavy atom. The first-order chi connectivity index (χ1) is 31.1. The minimum atomic E-state index is -0.0448. The van der Waals surface area contributed by atoms with Crippen molar-refractivity contribution in [2.75, 3.05) is 9.80 Å². The van der Waals surface area contributed by atoms with Gasteiger partial charge in [-0.2, -0.15) is 0 Å². The highest BCUT2D eigenvalue weighted by atomic mass is 16.5. The summed E-state index contributed by atoms with van der Waals surface area (Å²) in [5, 5.41) is 8.46. The Balaban J connectivity index is 1.11. The summed E-state index contributed by atoms with van der Waals surface area (Å²) in [6.07, 6.45) is 8.60. The molecule has 2 aliphatic rings. The van der Waals surface area contributed by atoms with Crippen LogP contribution >= 0.6 is 0 Å². The number of fused-ring (bicyclic) bond motifs is 13. The highest BCUT2D eigenvalue weighted by Crippen LogP contribution is 2.53. The summed E-state index contributed by atoms with van der Waals surface area (Å²) in [6.45, 7) is 4.27. The topological polar surface area (TPSA) is 42.0 Å². The van der Waals surface area contributed by atoms with Gasteiger partial charge in [-0.3, -0.25) is 0 Å². The third-order valence-electron chi connectivity index (χ3n) is 13.1. The van der Waals surface area contributed by atoms with Gasteiger partial charge in [-0.1, -0.05) is 145 Å². The fourth-order valence-corrected chi connectivity index (χ4v) is 10.1. The number of furan rings is 2. The molecule has 9 aromatic carbocycles. The smallest absolute Gasteiger partial charge is 0.159 e. The summed E-state index contributed by atoms with van der Waals surface area (Å²) in [5.41, 5.74) is 13.1. The van der Waals surface area contributed by atoms with E-state index < -0.39 is 0 Å². The summed E-state index contributed by atoms with van der Waals surface area (Å²) in [4.78, 5) is 4.74. The van der Waals surface area contributed by atoms with Gasteiger partial charge >= 0.3 is 0 Å². The van der Waals surface area contributed by atoms with Crippen molar-refractivity contribution in [1.82, 2.24) is 0 Å². The molecule has 0 spiro atoms. The Kier molecular flexibility index (Phi) is 7.79. The molecule has 0 saturated heterocycles. The maximum atomic E-state index is 7.16. The van der Waals surface area contributed by atoms with E-state index >= 15 is 0 Å². The van der Waals surface area contributed by atoms with Crippen molar-refractivity contribution in [1.29, 1.82) is 0 Å². The molecule has 0 bridgehead atoms. The zero-order valence-electron chi connectivity index (χ0n) is 34.7. The summed E-state index contributed by atoms with van der Waals surface area (Å²) >= 11 is 0. The molecule has 0 saturated carbocycles. The maximum Gasteiger partial charge on any atom is 0.159 e. The normalized spacial score (nSPS) is 15.5. The molecule has 2 atom stereocenters. The quantitative estimate of drug-likeness (QED) is 0.167. The predicted octanol–water partition coefficient (Wildman–Crippen LogP) is 16.3. The van der Waals surface area contributed by atoms with Crippen LogP contribution in [0.15, 0.2) is 203 Å². The van der Waals surface area contributed by atoms with E-state index in [1.54, 1.807) is 0 Å². The molecule has 5 heteroatoms. The second-order valence-corrected chi connectivity index (χ2v) is 16.9. The number of para-hydroxylation sites is 3. The van der Waals surface area contributed by atoms with Crippen LogP contribution in [-0.2, 0) is 0 Å². The second kappa shape index (κ2) is 13.7. The van der Waals surface area contributed by atoms with Crippen LogP contribution in [0.5, 0.6) is 5.75 Å². The van der Waals surface area contributed by atoms with E-state index in [-0.39, 0.29) is 12.0 Å². The van der Waals surface area contributed by atoms with E-state index in [1.165, 1.54) is 16.7 Å². The Morgan fingerprint density at radius 2 is 0.905 bits per heavy atom. The van der Waals surface area contributed by atoms with E-state index in [4.69, 9.17) is 13.6 Å². The SMILES string of the molecule is Cc1ccc(N(c2cccc3c2OC2C=CC=CC32)c2cc3c4cc(N(c5ccc(C)cc5)c5cccc6c5oc5ccccc56)c5ccccc5c4oc3c3ccccc23)cc1. The third-order valence-corrected chi connectivity index (χ3v) is 13.1. The Bertz CT molecular complexity index is 3700. The number of ether oxygens (including phenoxy) is 1. The van der Waals surface area contributed by atoms with Crippen molar-refractivity contribution in [2.24, 2.45) is 0 Å². The van der Waals surface area contributed by atoms with Gasteiger partial charge in [0.25, 0.3) is 0 Å². The number of hydrogen-bond acceptors (Lipinski definition) is 5. The minimum absolute atomic E-state index is 0.0448. The fraction of sp³-hybridized carbons (Fsp3) is 0.0690. The van der Waals surface area contributed by atoms with Gasteiger partial charge < -0.3 is 23.4 Å². The molecule has 2 aromatic heterocycles. The van der Waals surface area contributed by atoms with Crippen LogP contribution in [0.4, 0.5) is 34.1 Å². The number of rotatable bonds is 6. The van der Waals surface area contributed by atoms with Crippen molar-refractivity contribution in [2.45, 2.75) is 25.9 Å². The van der Waals surface area contributed by atoms with E-state index in [2.05, 4.69) is 206 Å². The number of nitrogens with zero attached hydrogens (tertiary/aromatic N) is 2. The van der Waals surface area contributed by atoms with E-state index in [1.807, 2.05) is 12.1 Å². The van der Waals surface area contributed by atoms with Crippen molar-refractivity contribution >= 4 is 99.5 Å². The van der Waals surface area contributed by atoms with Gasteiger partial charge in [0.15, 0.2) is 5.58 Å². The van der Waals surface area contributed by atoms with E-state index in [0.29, 0.717) is 0 Å². The lowest BCUT2D eigenvalue weighted by atomic mass is 9.91. The lowest BCUT2D eigenvalue weighted by Crippen LogP contribution is -2.16. The molecule has 1 aliphatic heterocycles. The molecular formula is C58H40N2O3. The van der Waals surface area contributed by atoms with Crippen LogP contribution in [0.25, 0.3) is 65.4 Å². The molecule has 5 nitrogen and oxygen atoms in total. The number of anilines is 6. The van der Waals surface area contributed by atoms with Crippen molar-refractivity contribution < 1.29 is 13.6 Å². The zero-order valence-corrected chi connectivity index (χ0v) is 34.7. The number of benzene rings is 9. The minimum Gasteiger partial charge on any atom is -0.483 e. The molecule has 1 aliphatic carbocycles. The summed E-state index contributed by atoms with van der Waals surface area (Å²) in [5.74, 6) is 1.07. The molecule has 0 N–H and O–H groups in total. The zero-order chi connectivity index (χ0) is 41.8. The molecular weight excluding hydrogens is 773 g/mol. The van der Waals surface area contributed by atoms with E-state index in [9.17, 15) is 0 Å². The monoisotopic (exact) mass is 812 g/mol. The molecule has 300 valence electrons. The first-order valence-corrected chi connectivity index (χ1v) is 21.7. The molecule has 13 rings (SSSR count). The van der Waals surface area contributed by atoms with Crippen LogP contribution in [0.3, 0.4) is 0 Å². The average Bonchev–Trinajstić information content (AvgIpc) is 4.03. The van der Waals surface area contributed by atoms with Gasteiger partial charge in [0.1, 0.15) is 28.6 Å². The average molecular weight is 813 g/mol. The fourth-order valence-electron chi connectivity index (χ4n) is 10.1. The lowest BCUT2D eigenvalue weighted by Gasteiger charge is -2.28. The molecule has 11 aromatic rings. The van der Waals surface area contributed by atoms with Crippen molar-refractivity contribution in [3.05, 3.63) is 211 Å². The van der Waals surface area contributed by atoms with Gasteiger partial charge in [0.05, 0.1) is 22.7 Å². The largest absolute Gasteiger partial charge is 0.483 e. The van der Waals surface area contributed by atoms with Gasteiger partial charge in [0, 0.05) is 65.9 Å². The maximum absolute atomic E-state index is 7.16. The number of hydrogen-bond donors (Lipinski definition) is 0. The van der Waals surface area contributed by atoms with Crippen LogP contribution in [-0.4, -0.2) is 6.10 Å². The van der Waals surface area contributed by atoms with Gasteiger partial charge in [0.2, 0.25) is 0 Å². The van der Waals surface area contributed by atoms with Crippen molar-refractivity contribution in [3.63, 3.8) is 0 Å². The summed E-state index contributed by atoms with van der Waals surface area (Å²) in [7, 11) is 0. The van der Waals surface area contributed by atoms with Crippen LogP contribution < -0.4 is 14.5 Å². The van der Waals surface area contributed by atoms with Gasteiger partial charge in [-0.05, 0) is 74.5 Å². The molecule has 0 radical (unpaired) electrons. The predicted molar refractivity (Wildman–Crippen MR) is 260 cm³/mol. The molecule has 63 heavy (non-hydrogen) atoms. The highest BCUT2D eigenvalue weighted by Gasteiger charge is 2.36. The first kappa shape index (κ1) is 35.7. The van der Waals surface area contributed by atoms with E-state index in [0.717, 1.165) is 105 Å². The Labute approximate surface area is 364 Å². The third kappa shape index (κ3) is 5.42.